The summed E-state index contributed by atoms with van der Waals surface area (Å²) in [6, 6.07) is 10.2. The maximum atomic E-state index is 10.3. The molecule has 0 bridgehead atoms. The fourth-order valence-electron chi connectivity index (χ4n) is 2.29. The number of rotatable bonds is 5. The van der Waals surface area contributed by atoms with Gasteiger partial charge in [0.15, 0.2) is 0 Å². The first-order chi connectivity index (χ1) is 8.12. The minimum atomic E-state index is -0.432. The van der Waals surface area contributed by atoms with E-state index in [9.17, 15) is 10.2 Å². The number of benzene rings is 1. The third kappa shape index (κ3) is 3.03. The molecular formula is C14H20O2S. The van der Waals surface area contributed by atoms with Crippen LogP contribution in [0.15, 0.2) is 35.2 Å². The zero-order valence-corrected chi connectivity index (χ0v) is 11.0. The molecule has 0 radical (unpaired) electrons. The van der Waals surface area contributed by atoms with Crippen molar-refractivity contribution in [2.24, 2.45) is 0 Å². The molecule has 0 amide bonds. The molecule has 0 unspecified atom stereocenters. The van der Waals surface area contributed by atoms with Gasteiger partial charge in [-0.1, -0.05) is 24.6 Å². The molecule has 1 aromatic rings. The van der Waals surface area contributed by atoms with E-state index >= 15 is 0 Å². The van der Waals surface area contributed by atoms with Gasteiger partial charge in [-0.25, -0.2) is 0 Å². The fourth-order valence-corrected chi connectivity index (χ4v) is 3.78. The summed E-state index contributed by atoms with van der Waals surface area (Å²) in [4.78, 5) is 1.21. The molecule has 2 nitrogen and oxygen atoms in total. The molecule has 0 saturated heterocycles. The normalized spacial score (nSPS) is 21.6. The van der Waals surface area contributed by atoms with Gasteiger partial charge in [0.2, 0.25) is 0 Å². The molecule has 1 aliphatic rings. The van der Waals surface area contributed by atoms with Gasteiger partial charge >= 0.3 is 0 Å². The monoisotopic (exact) mass is 252 g/mol. The van der Waals surface area contributed by atoms with Gasteiger partial charge in [-0.3, -0.25) is 0 Å². The molecule has 1 saturated carbocycles. The topological polar surface area (TPSA) is 40.5 Å². The van der Waals surface area contributed by atoms with E-state index in [1.165, 1.54) is 11.3 Å². The lowest BCUT2D eigenvalue weighted by Gasteiger charge is -2.45. The van der Waals surface area contributed by atoms with Crippen LogP contribution in [-0.2, 0) is 0 Å². The van der Waals surface area contributed by atoms with Crippen molar-refractivity contribution in [3.05, 3.63) is 30.3 Å². The van der Waals surface area contributed by atoms with Crippen LogP contribution in [0.25, 0.3) is 0 Å². The van der Waals surface area contributed by atoms with E-state index in [2.05, 4.69) is 12.1 Å². The summed E-state index contributed by atoms with van der Waals surface area (Å²) in [5, 5.41) is 19.7. The standard InChI is InChI=1S/C14H20O2S/c1-11(15)10-13(16)14(8-5-9-14)17-12-6-3-2-4-7-12/h2-4,6-7,11,13,15-16H,5,8-10H2,1H3/t11-,13+/m0/s1. The number of hydrogen-bond donors (Lipinski definition) is 2. The zero-order valence-electron chi connectivity index (χ0n) is 10.2. The highest BCUT2D eigenvalue weighted by Crippen LogP contribution is 2.50. The third-order valence-corrected chi connectivity index (χ3v) is 5.03. The molecule has 1 fully saturated rings. The number of hydrogen-bond acceptors (Lipinski definition) is 3. The summed E-state index contributed by atoms with van der Waals surface area (Å²) in [7, 11) is 0. The molecule has 17 heavy (non-hydrogen) atoms. The van der Waals surface area contributed by atoms with Crippen molar-refractivity contribution in [1.29, 1.82) is 0 Å². The van der Waals surface area contributed by atoms with Crippen molar-refractivity contribution in [2.75, 3.05) is 0 Å². The van der Waals surface area contributed by atoms with Crippen LogP contribution in [0, 0.1) is 0 Å². The van der Waals surface area contributed by atoms with Gasteiger partial charge in [0.1, 0.15) is 0 Å². The first-order valence-corrected chi connectivity index (χ1v) is 7.04. The quantitative estimate of drug-likeness (QED) is 0.846. The Kier molecular flexibility index (Phi) is 4.13. The van der Waals surface area contributed by atoms with E-state index in [4.69, 9.17) is 0 Å². The average Bonchev–Trinajstić information content (AvgIpc) is 2.23. The highest BCUT2D eigenvalue weighted by molar-refractivity contribution is 8.00. The van der Waals surface area contributed by atoms with E-state index in [0.717, 1.165) is 12.8 Å². The lowest BCUT2D eigenvalue weighted by atomic mass is 9.78. The maximum Gasteiger partial charge on any atom is 0.0714 e. The van der Waals surface area contributed by atoms with Crippen LogP contribution in [0.4, 0.5) is 0 Å². The summed E-state index contributed by atoms with van der Waals surface area (Å²) in [5.74, 6) is 0. The Hall–Kier alpha value is -0.510. The van der Waals surface area contributed by atoms with Gasteiger partial charge in [-0.2, -0.15) is 0 Å². The van der Waals surface area contributed by atoms with Gasteiger partial charge in [0, 0.05) is 16.1 Å². The molecule has 2 rings (SSSR count). The van der Waals surface area contributed by atoms with Gasteiger partial charge in [-0.15, -0.1) is 11.8 Å². The van der Waals surface area contributed by atoms with E-state index in [1.807, 2.05) is 18.2 Å². The van der Waals surface area contributed by atoms with Gasteiger partial charge in [0.25, 0.3) is 0 Å². The molecule has 2 atom stereocenters. The summed E-state index contributed by atoms with van der Waals surface area (Å²) in [5.41, 5.74) is 0. The fraction of sp³-hybridized carbons (Fsp3) is 0.571. The smallest absolute Gasteiger partial charge is 0.0714 e. The SMILES string of the molecule is C[C@H](O)C[C@@H](O)C1(Sc2ccccc2)CCC1. The van der Waals surface area contributed by atoms with Crippen LogP contribution in [-0.4, -0.2) is 27.2 Å². The molecule has 0 heterocycles. The molecule has 0 spiro atoms. The van der Waals surface area contributed by atoms with Gasteiger partial charge in [-0.05, 0) is 31.9 Å². The minimum Gasteiger partial charge on any atom is -0.393 e. The Morgan fingerprint density at radius 2 is 1.88 bits per heavy atom. The molecule has 0 aliphatic heterocycles. The molecular weight excluding hydrogens is 232 g/mol. The summed E-state index contributed by atoms with van der Waals surface area (Å²) in [6.45, 7) is 1.74. The first-order valence-electron chi connectivity index (χ1n) is 6.22. The van der Waals surface area contributed by atoms with Crippen LogP contribution >= 0.6 is 11.8 Å². The predicted octanol–water partition coefficient (Wildman–Crippen LogP) is 2.83. The van der Waals surface area contributed by atoms with E-state index < -0.39 is 12.2 Å². The Labute approximate surface area is 107 Å². The average molecular weight is 252 g/mol. The van der Waals surface area contributed by atoms with Crippen LogP contribution in [0.1, 0.15) is 32.6 Å². The zero-order chi connectivity index (χ0) is 12.3. The maximum absolute atomic E-state index is 10.3. The Morgan fingerprint density at radius 1 is 1.24 bits per heavy atom. The van der Waals surface area contributed by atoms with E-state index in [-0.39, 0.29) is 4.75 Å². The Balaban J connectivity index is 2.04. The second kappa shape index (κ2) is 5.42. The van der Waals surface area contributed by atoms with Gasteiger partial charge in [0.05, 0.1) is 12.2 Å². The van der Waals surface area contributed by atoms with Crippen molar-refractivity contribution in [3.8, 4) is 0 Å². The lowest BCUT2D eigenvalue weighted by molar-refractivity contribution is 0.0392. The second-order valence-electron chi connectivity index (χ2n) is 4.93. The van der Waals surface area contributed by atoms with Crippen molar-refractivity contribution in [3.63, 3.8) is 0 Å². The van der Waals surface area contributed by atoms with Crippen LogP contribution in [0.3, 0.4) is 0 Å². The molecule has 0 aromatic heterocycles. The van der Waals surface area contributed by atoms with Crippen LogP contribution in [0.5, 0.6) is 0 Å². The van der Waals surface area contributed by atoms with E-state index in [1.54, 1.807) is 18.7 Å². The largest absolute Gasteiger partial charge is 0.393 e. The summed E-state index contributed by atoms with van der Waals surface area (Å²) in [6.07, 6.45) is 2.89. The molecule has 3 heteroatoms. The molecule has 2 N–H and O–H groups in total. The highest BCUT2D eigenvalue weighted by Gasteiger charge is 2.44. The molecule has 1 aromatic carbocycles. The molecule has 94 valence electrons. The highest BCUT2D eigenvalue weighted by atomic mass is 32.2. The number of aliphatic hydroxyl groups is 2. The summed E-state index contributed by atoms with van der Waals surface area (Å²) < 4.78 is -0.0711. The third-order valence-electron chi connectivity index (χ3n) is 3.44. The minimum absolute atomic E-state index is 0.0711. The lowest BCUT2D eigenvalue weighted by Crippen LogP contribution is -2.46. The van der Waals surface area contributed by atoms with Crippen molar-refractivity contribution in [2.45, 2.75) is 54.5 Å². The number of aliphatic hydroxyl groups excluding tert-OH is 2. The van der Waals surface area contributed by atoms with Crippen molar-refractivity contribution in [1.82, 2.24) is 0 Å². The van der Waals surface area contributed by atoms with Crippen LogP contribution in [0.2, 0.25) is 0 Å². The van der Waals surface area contributed by atoms with Gasteiger partial charge < -0.3 is 10.2 Å². The predicted molar refractivity (Wildman–Crippen MR) is 71.2 cm³/mol. The second-order valence-corrected chi connectivity index (χ2v) is 6.42. The van der Waals surface area contributed by atoms with Crippen LogP contribution < -0.4 is 0 Å². The Bertz CT molecular complexity index is 346. The first kappa shape index (κ1) is 12.9. The summed E-state index contributed by atoms with van der Waals surface area (Å²) >= 11 is 1.77. The van der Waals surface area contributed by atoms with E-state index in [0.29, 0.717) is 6.42 Å². The van der Waals surface area contributed by atoms with Crippen molar-refractivity contribution >= 4 is 11.8 Å². The Morgan fingerprint density at radius 3 is 2.35 bits per heavy atom. The van der Waals surface area contributed by atoms with Crippen molar-refractivity contribution < 1.29 is 10.2 Å². The number of thioether (sulfide) groups is 1. The molecule has 1 aliphatic carbocycles.